The number of benzene rings is 2. The first kappa shape index (κ1) is 17.6. The molecule has 0 atom stereocenters. The van der Waals surface area contributed by atoms with Crippen LogP contribution in [-0.4, -0.2) is 35.0 Å². The summed E-state index contributed by atoms with van der Waals surface area (Å²) in [5, 5.41) is 11.8. The molecule has 2 amide bonds. The minimum atomic E-state index is -0.498. The second kappa shape index (κ2) is 7.79. The van der Waals surface area contributed by atoms with E-state index in [4.69, 9.17) is 9.84 Å². The average Bonchev–Trinajstić information content (AvgIpc) is 2.89. The molecule has 134 valence electrons. The lowest BCUT2D eigenvalue weighted by Crippen LogP contribution is -2.34. The number of carbonyl (C=O) groups excluding carboxylic acids is 2. The van der Waals surface area contributed by atoms with E-state index in [2.05, 4.69) is 5.32 Å². The number of hydrogen-bond donors (Lipinski definition) is 2. The Bertz CT molecular complexity index is 866. The predicted molar refractivity (Wildman–Crippen MR) is 92.7 cm³/mol. The number of anilines is 1. The Morgan fingerprint density at radius 1 is 1.12 bits per heavy atom. The lowest BCUT2D eigenvalue weighted by atomic mass is 10.2. The van der Waals surface area contributed by atoms with Crippen molar-refractivity contribution in [1.29, 1.82) is 0 Å². The van der Waals surface area contributed by atoms with Crippen LogP contribution in [-0.2, 0) is 16.2 Å². The minimum Gasteiger partial charge on any atom is -0.489 e. The summed E-state index contributed by atoms with van der Waals surface area (Å²) < 4.78 is 19.2. The molecule has 0 fully saturated rings. The van der Waals surface area contributed by atoms with E-state index in [9.17, 15) is 14.0 Å². The highest BCUT2D eigenvalue weighted by Crippen LogP contribution is 2.22. The third kappa shape index (κ3) is 3.89. The van der Waals surface area contributed by atoms with E-state index in [0.29, 0.717) is 17.0 Å². The van der Waals surface area contributed by atoms with Gasteiger partial charge in [-0.15, -0.1) is 0 Å². The molecule has 1 heterocycles. The van der Waals surface area contributed by atoms with Crippen molar-refractivity contribution in [2.45, 2.75) is 6.61 Å². The van der Waals surface area contributed by atoms with Crippen molar-refractivity contribution in [1.82, 2.24) is 4.90 Å². The molecule has 2 aromatic carbocycles. The molecule has 0 saturated carbocycles. The standard InChI is InChI=1S/C19H17FN2O4/c20-16-7-2-1-4-13(16)12-26-15-6-3-5-14(10-15)21-17-11-18(24)22(8-9-23)19(17)25/h1-7,10-11,21,23H,8-9,12H2. The Balaban J connectivity index is 1.66. The molecule has 2 N–H and O–H groups in total. The van der Waals surface area contributed by atoms with Crippen molar-refractivity contribution in [2.75, 3.05) is 18.5 Å². The van der Waals surface area contributed by atoms with Crippen LogP contribution < -0.4 is 10.1 Å². The Kier molecular flexibility index (Phi) is 5.28. The van der Waals surface area contributed by atoms with Crippen molar-refractivity contribution in [3.05, 3.63) is 71.7 Å². The van der Waals surface area contributed by atoms with E-state index < -0.39 is 11.8 Å². The van der Waals surface area contributed by atoms with Crippen LogP contribution in [0.1, 0.15) is 5.56 Å². The molecular weight excluding hydrogens is 339 g/mol. The molecule has 3 rings (SSSR count). The quantitative estimate of drug-likeness (QED) is 0.743. The zero-order valence-corrected chi connectivity index (χ0v) is 13.8. The molecule has 0 bridgehead atoms. The van der Waals surface area contributed by atoms with Crippen molar-refractivity contribution in [3.8, 4) is 5.75 Å². The van der Waals surface area contributed by atoms with E-state index in [1.807, 2.05) is 0 Å². The highest BCUT2D eigenvalue weighted by Gasteiger charge is 2.30. The maximum absolute atomic E-state index is 13.6. The number of amides is 2. The zero-order chi connectivity index (χ0) is 18.5. The van der Waals surface area contributed by atoms with Gasteiger partial charge in [0.2, 0.25) is 0 Å². The van der Waals surface area contributed by atoms with Gasteiger partial charge in [-0.25, -0.2) is 4.39 Å². The summed E-state index contributed by atoms with van der Waals surface area (Å²) in [6.45, 7) is -0.274. The zero-order valence-electron chi connectivity index (χ0n) is 13.8. The fraction of sp³-hybridized carbons (Fsp3) is 0.158. The average molecular weight is 356 g/mol. The van der Waals surface area contributed by atoms with Crippen LogP contribution in [0.5, 0.6) is 5.75 Å². The first-order valence-corrected chi connectivity index (χ1v) is 8.00. The fourth-order valence-corrected chi connectivity index (χ4v) is 2.51. The van der Waals surface area contributed by atoms with E-state index in [1.165, 1.54) is 12.1 Å². The van der Waals surface area contributed by atoms with Crippen LogP contribution in [0.2, 0.25) is 0 Å². The fourth-order valence-electron chi connectivity index (χ4n) is 2.51. The molecule has 0 unspecified atom stereocenters. The predicted octanol–water partition coefficient (Wildman–Crippen LogP) is 2.06. The number of halogens is 1. The van der Waals surface area contributed by atoms with Gasteiger partial charge in [-0.3, -0.25) is 14.5 Å². The van der Waals surface area contributed by atoms with Crippen LogP contribution >= 0.6 is 0 Å². The summed E-state index contributed by atoms with van der Waals surface area (Å²) in [6, 6.07) is 13.1. The highest BCUT2D eigenvalue weighted by atomic mass is 19.1. The number of hydrogen-bond acceptors (Lipinski definition) is 5. The summed E-state index contributed by atoms with van der Waals surface area (Å²) in [4.78, 5) is 24.8. The highest BCUT2D eigenvalue weighted by molar-refractivity contribution is 6.17. The molecule has 0 radical (unpaired) electrons. The number of aliphatic hydroxyl groups is 1. The summed E-state index contributed by atoms with van der Waals surface area (Å²) in [5.41, 5.74) is 1.11. The van der Waals surface area contributed by atoms with Crippen LogP contribution in [0, 0.1) is 5.82 Å². The van der Waals surface area contributed by atoms with Gasteiger partial charge in [0.15, 0.2) is 0 Å². The topological polar surface area (TPSA) is 78.9 Å². The first-order chi connectivity index (χ1) is 12.6. The summed E-state index contributed by atoms with van der Waals surface area (Å²) in [7, 11) is 0. The van der Waals surface area contributed by atoms with Crippen molar-refractivity contribution in [3.63, 3.8) is 0 Å². The molecular formula is C19H17FN2O4. The molecule has 2 aromatic rings. The number of ether oxygens (including phenoxy) is 1. The molecule has 0 spiro atoms. The van der Waals surface area contributed by atoms with Gasteiger partial charge >= 0.3 is 0 Å². The van der Waals surface area contributed by atoms with Crippen LogP contribution in [0.4, 0.5) is 10.1 Å². The monoisotopic (exact) mass is 356 g/mol. The molecule has 1 aliphatic heterocycles. The van der Waals surface area contributed by atoms with Crippen molar-refractivity contribution < 1.29 is 23.8 Å². The number of carbonyl (C=O) groups is 2. The maximum atomic E-state index is 13.6. The number of aliphatic hydroxyl groups excluding tert-OH is 1. The molecule has 1 aliphatic rings. The molecule has 7 heteroatoms. The van der Waals surface area contributed by atoms with Gasteiger partial charge in [0, 0.05) is 23.4 Å². The van der Waals surface area contributed by atoms with Gasteiger partial charge in [0.1, 0.15) is 23.9 Å². The van der Waals surface area contributed by atoms with Gasteiger partial charge in [0.05, 0.1) is 13.2 Å². The first-order valence-electron chi connectivity index (χ1n) is 8.00. The minimum absolute atomic E-state index is 0.0505. The molecule has 6 nitrogen and oxygen atoms in total. The second-order valence-electron chi connectivity index (χ2n) is 5.61. The van der Waals surface area contributed by atoms with Gasteiger partial charge < -0.3 is 15.2 Å². The Morgan fingerprint density at radius 2 is 1.92 bits per heavy atom. The Labute approximate surface area is 149 Å². The Hall–Kier alpha value is -3.19. The van der Waals surface area contributed by atoms with Crippen LogP contribution in [0.3, 0.4) is 0 Å². The normalized spacial score (nSPS) is 13.8. The molecule has 26 heavy (non-hydrogen) atoms. The van der Waals surface area contributed by atoms with Gasteiger partial charge in [-0.1, -0.05) is 24.3 Å². The molecule has 0 saturated heterocycles. The summed E-state index contributed by atoms with van der Waals surface area (Å²) in [6.07, 6.45) is 1.19. The SMILES string of the molecule is O=C1C=C(Nc2cccc(OCc3ccccc3F)c2)C(=O)N1CCO. The molecule has 0 aliphatic carbocycles. The summed E-state index contributed by atoms with van der Waals surface area (Å²) in [5.74, 6) is -0.825. The number of imide groups is 1. The smallest absolute Gasteiger partial charge is 0.277 e. The number of nitrogens with zero attached hydrogens (tertiary/aromatic N) is 1. The van der Waals surface area contributed by atoms with E-state index in [-0.39, 0.29) is 31.3 Å². The number of rotatable bonds is 7. The number of nitrogens with one attached hydrogen (secondary N) is 1. The van der Waals surface area contributed by atoms with E-state index in [1.54, 1.807) is 42.5 Å². The van der Waals surface area contributed by atoms with Gasteiger partial charge in [0.25, 0.3) is 11.8 Å². The third-order valence-corrected chi connectivity index (χ3v) is 3.80. The van der Waals surface area contributed by atoms with Gasteiger partial charge in [-0.2, -0.15) is 0 Å². The van der Waals surface area contributed by atoms with E-state index >= 15 is 0 Å². The maximum Gasteiger partial charge on any atom is 0.277 e. The van der Waals surface area contributed by atoms with Crippen molar-refractivity contribution >= 4 is 17.5 Å². The van der Waals surface area contributed by atoms with Crippen LogP contribution in [0.15, 0.2) is 60.3 Å². The number of β-amino-alcohol motifs (C(OH)–C–C–N with tert-alkyl or cyclic N) is 1. The largest absolute Gasteiger partial charge is 0.489 e. The lowest BCUT2D eigenvalue weighted by Gasteiger charge is -2.14. The summed E-state index contributed by atoms with van der Waals surface area (Å²) >= 11 is 0. The van der Waals surface area contributed by atoms with Crippen LogP contribution in [0.25, 0.3) is 0 Å². The third-order valence-electron chi connectivity index (χ3n) is 3.80. The van der Waals surface area contributed by atoms with E-state index in [0.717, 1.165) is 4.90 Å². The van der Waals surface area contributed by atoms with Crippen molar-refractivity contribution in [2.24, 2.45) is 0 Å². The second-order valence-corrected chi connectivity index (χ2v) is 5.61. The van der Waals surface area contributed by atoms with Gasteiger partial charge in [-0.05, 0) is 18.2 Å². The molecule has 0 aromatic heterocycles. The lowest BCUT2D eigenvalue weighted by molar-refractivity contribution is -0.137. The Morgan fingerprint density at radius 3 is 2.69 bits per heavy atom.